The van der Waals surface area contributed by atoms with Gasteiger partial charge in [-0.3, -0.25) is 0 Å². The van der Waals surface area contributed by atoms with E-state index in [1.807, 2.05) is 0 Å². The molecule has 0 fully saturated rings. The maximum atomic E-state index is 13.0. The lowest BCUT2D eigenvalue weighted by atomic mass is 10.1. The predicted octanol–water partition coefficient (Wildman–Crippen LogP) is 1.34. The van der Waals surface area contributed by atoms with Gasteiger partial charge in [0.2, 0.25) is 0 Å². The van der Waals surface area contributed by atoms with Crippen LogP contribution >= 0.6 is 0 Å². The number of carboxylic acid groups (broad SMARTS) is 1. The minimum absolute atomic E-state index is 0.0168. The molecule has 0 heterocycles. The van der Waals surface area contributed by atoms with Gasteiger partial charge in [-0.15, -0.1) is 0 Å². The fourth-order valence-electron chi connectivity index (χ4n) is 1.15. The fourth-order valence-corrected chi connectivity index (χ4v) is 1.15. The third-order valence-corrected chi connectivity index (χ3v) is 1.98. The summed E-state index contributed by atoms with van der Waals surface area (Å²) in [6.07, 6.45) is -1.71. The third kappa shape index (κ3) is 3.28. The minimum Gasteiger partial charge on any atom is -0.479 e. The smallest absolute Gasteiger partial charge is 0.332 e. The molecular weight excluding hydrogens is 206 g/mol. The molecule has 0 aliphatic rings. The summed E-state index contributed by atoms with van der Waals surface area (Å²) in [7, 11) is 0. The highest BCUT2D eigenvalue weighted by atomic mass is 19.1. The van der Waals surface area contributed by atoms with Crippen LogP contribution in [-0.4, -0.2) is 22.3 Å². The van der Waals surface area contributed by atoms with Crippen molar-refractivity contribution >= 4 is 5.97 Å². The van der Waals surface area contributed by atoms with Gasteiger partial charge >= 0.3 is 5.97 Å². The Bertz CT molecular complexity index is 366. The summed E-state index contributed by atoms with van der Waals surface area (Å²) in [6.45, 7) is 0. The van der Waals surface area contributed by atoms with Gasteiger partial charge in [-0.2, -0.15) is 0 Å². The van der Waals surface area contributed by atoms with Crippen molar-refractivity contribution in [3.63, 3.8) is 0 Å². The zero-order valence-electron chi connectivity index (χ0n) is 7.78. The molecule has 1 unspecified atom stereocenters. The van der Waals surface area contributed by atoms with Gasteiger partial charge in [0, 0.05) is 0 Å². The van der Waals surface area contributed by atoms with Gasteiger partial charge in [-0.25, -0.2) is 13.6 Å². The van der Waals surface area contributed by atoms with Crippen LogP contribution in [0.25, 0.3) is 0 Å². The van der Waals surface area contributed by atoms with Crippen molar-refractivity contribution in [1.82, 2.24) is 0 Å². The number of carbonyl (C=O) groups is 1. The first-order valence-electron chi connectivity index (χ1n) is 4.35. The van der Waals surface area contributed by atoms with Crippen LogP contribution in [-0.2, 0) is 11.2 Å². The first-order chi connectivity index (χ1) is 7.00. The molecule has 0 amide bonds. The summed E-state index contributed by atoms with van der Waals surface area (Å²) >= 11 is 0. The zero-order chi connectivity index (χ0) is 11.4. The molecule has 0 spiro atoms. The maximum Gasteiger partial charge on any atom is 0.332 e. The van der Waals surface area contributed by atoms with E-state index in [1.165, 1.54) is 0 Å². The molecule has 0 saturated heterocycles. The van der Waals surface area contributed by atoms with Crippen LogP contribution in [0.3, 0.4) is 0 Å². The second kappa shape index (κ2) is 4.84. The Morgan fingerprint density at radius 1 is 1.40 bits per heavy atom. The van der Waals surface area contributed by atoms with Crippen LogP contribution < -0.4 is 0 Å². The van der Waals surface area contributed by atoms with Gasteiger partial charge in [0.1, 0.15) is 11.6 Å². The van der Waals surface area contributed by atoms with Gasteiger partial charge in [-0.1, -0.05) is 0 Å². The minimum atomic E-state index is -1.55. The number of aliphatic hydroxyl groups is 1. The van der Waals surface area contributed by atoms with Crippen molar-refractivity contribution in [3.8, 4) is 0 Å². The topological polar surface area (TPSA) is 57.5 Å². The summed E-state index contributed by atoms with van der Waals surface area (Å²) < 4.78 is 25.7. The zero-order valence-corrected chi connectivity index (χ0v) is 7.78. The molecule has 5 heteroatoms. The average molecular weight is 216 g/mol. The van der Waals surface area contributed by atoms with Crippen molar-refractivity contribution in [2.45, 2.75) is 18.9 Å². The second-order valence-corrected chi connectivity index (χ2v) is 3.13. The monoisotopic (exact) mass is 216 g/mol. The Balaban J connectivity index is 2.65. The van der Waals surface area contributed by atoms with E-state index in [0.29, 0.717) is 0 Å². The number of hydrogen-bond acceptors (Lipinski definition) is 2. The molecule has 1 aromatic rings. The molecular formula is C10H10F2O3. The summed E-state index contributed by atoms with van der Waals surface area (Å²) in [4.78, 5) is 10.3. The van der Waals surface area contributed by atoms with Crippen molar-refractivity contribution in [3.05, 3.63) is 35.4 Å². The van der Waals surface area contributed by atoms with E-state index in [2.05, 4.69) is 0 Å². The third-order valence-electron chi connectivity index (χ3n) is 1.98. The normalized spacial score (nSPS) is 12.5. The lowest BCUT2D eigenvalue weighted by Gasteiger charge is -2.06. The van der Waals surface area contributed by atoms with E-state index in [9.17, 15) is 13.6 Å². The molecule has 1 aromatic carbocycles. The van der Waals surface area contributed by atoms with Crippen molar-refractivity contribution < 1.29 is 23.8 Å². The van der Waals surface area contributed by atoms with Crippen LogP contribution in [0, 0.1) is 11.6 Å². The highest BCUT2D eigenvalue weighted by Gasteiger charge is 2.14. The van der Waals surface area contributed by atoms with Crippen LogP contribution in [0.1, 0.15) is 12.0 Å². The molecule has 0 bridgehead atoms. The molecule has 0 aliphatic carbocycles. The standard InChI is InChI=1S/C10H10F2O3/c11-7-2-3-8(12)6(5-7)1-4-9(13)10(14)15/h2-3,5,9,13H,1,4H2,(H,14,15). The highest BCUT2D eigenvalue weighted by Crippen LogP contribution is 2.12. The highest BCUT2D eigenvalue weighted by molar-refractivity contribution is 5.71. The Hall–Kier alpha value is -1.49. The molecule has 2 N–H and O–H groups in total. The average Bonchev–Trinajstić information content (AvgIpc) is 2.18. The van der Waals surface area contributed by atoms with E-state index in [0.717, 1.165) is 18.2 Å². The Kier molecular flexibility index (Phi) is 3.74. The number of hydrogen-bond donors (Lipinski definition) is 2. The van der Waals surface area contributed by atoms with Gasteiger partial charge in [0.25, 0.3) is 0 Å². The molecule has 82 valence electrons. The molecule has 1 rings (SSSR count). The number of halogens is 2. The van der Waals surface area contributed by atoms with Crippen molar-refractivity contribution in [1.29, 1.82) is 0 Å². The number of carboxylic acids is 1. The number of aliphatic carboxylic acids is 1. The number of aryl methyl sites for hydroxylation is 1. The van der Waals surface area contributed by atoms with Gasteiger partial charge in [0.05, 0.1) is 0 Å². The Morgan fingerprint density at radius 3 is 2.67 bits per heavy atom. The van der Waals surface area contributed by atoms with Crippen molar-refractivity contribution in [2.75, 3.05) is 0 Å². The second-order valence-electron chi connectivity index (χ2n) is 3.13. The van der Waals surface area contributed by atoms with E-state index in [4.69, 9.17) is 10.2 Å². The van der Waals surface area contributed by atoms with Crippen LogP contribution in [0.15, 0.2) is 18.2 Å². The van der Waals surface area contributed by atoms with E-state index >= 15 is 0 Å². The van der Waals surface area contributed by atoms with Gasteiger partial charge in [0.15, 0.2) is 6.10 Å². The fraction of sp³-hybridized carbons (Fsp3) is 0.300. The molecule has 15 heavy (non-hydrogen) atoms. The Morgan fingerprint density at radius 2 is 2.07 bits per heavy atom. The molecule has 3 nitrogen and oxygen atoms in total. The number of rotatable bonds is 4. The lowest BCUT2D eigenvalue weighted by molar-refractivity contribution is -0.146. The SMILES string of the molecule is O=C(O)C(O)CCc1cc(F)ccc1F. The summed E-state index contributed by atoms with van der Waals surface area (Å²) in [6, 6.07) is 2.94. The first-order valence-corrected chi connectivity index (χ1v) is 4.35. The largest absolute Gasteiger partial charge is 0.479 e. The molecule has 0 aromatic heterocycles. The lowest BCUT2D eigenvalue weighted by Crippen LogP contribution is -2.20. The quantitative estimate of drug-likeness (QED) is 0.798. The van der Waals surface area contributed by atoms with Gasteiger partial charge < -0.3 is 10.2 Å². The van der Waals surface area contributed by atoms with Crippen molar-refractivity contribution in [2.24, 2.45) is 0 Å². The number of benzene rings is 1. The summed E-state index contributed by atoms with van der Waals surface area (Å²) in [5, 5.41) is 17.3. The number of aliphatic hydroxyl groups excluding tert-OH is 1. The molecule has 0 radical (unpaired) electrons. The molecule has 0 saturated carbocycles. The van der Waals surface area contributed by atoms with Crippen LogP contribution in [0.4, 0.5) is 8.78 Å². The molecule has 1 atom stereocenters. The van der Waals surface area contributed by atoms with E-state index in [-0.39, 0.29) is 18.4 Å². The summed E-state index contributed by atoms with van der Waals surface area (Å²) in [5.74, 6) is -2.56. The van der Waals surface area contributed by atoms with Crippen LogP contribution in [0.2, 0.25) is 0 Å². The van der Waals surface area contributed by atoms with E-state index in [1.54, 1.807) is 0 Å². The first kappa shape index (κ1) is 11.6. The molecule has 0 aliphatic heterocycles. The van der Waals surface area contributed by atoms with Crippen LogP contribution in [0.5, 0.6) is 0 Å². The maximum absolute atomic E-state index is 13.0. The predicted molar refractivity (Wildman–Crippen MR) is 48.3 cm³/mol. The van der Waals surface area contributed by atoms with E-state index < -0.39 is 23.7 Å². The Labute approximate surface area is 85.0 Å². The summed E-state index contributed by atoms with van der Waals surface area (Å²) in [5.41, 5.74) is 0.0651. The van der Waals surface area contributed by atoms with Gasteiger partial charge in [-0.05, 0) is 36.6 Å².